The van der Waals surface area contributed by atoms with Gasteiger partial charge in [-0.1, -0.05) is 6.92 Å². The van der Waals surface area contributed by atoms with E-state index in [0.29, 0.717) is 0 Å². The van der Waals surface area contributed by atoms with Gasteiger partial charge in [-0.3, -0.25) is 0 Å². The van der Waals surface area contributed by atoms with E-state index >= 15 is 0 Å². The maximum Gasteiger partial charge on any atom is 1.00 e. The molecule has 2 nitrogen and oxygen atoms in total. The number of carbonyl (C=O) groups is 1. The van der Waals surface area contributed by atoms with Crippen molar-refractivity contribution in [3.63, 3.8) is 0 Å². The molecule has 0 saturated carbocycles. The predicted molar refractivity (Wildman–Crippen MR) is 23.8 cm³/mol. The molecule has 0 N–H and O–H groups in total. The number of hydrogen-bond donors (Lipinski definition) is 0. The van der Waals surface area contributed by atoms with Crippen molar-refractivity contribution in [2.45, 2.75) is 13.3 Å². The average molecular weight is 138 g/mol. The molecule has 4 heteroatoms. The molecular formula is C3H7CaNaO2. The molecule has 0 unspecified atom stereocenters. The third kappa shape index (κ3) is 18.2. The van der Waals surface area contributed by atoms with Gasteiger partial charge in [0.1, 0.15) is 0 Å². The molecule has 0 atom stereocenters. The fraction of sp³-hybridized carbons (Fsp3) is 0.667. The summed E-state index contributed by atoms with van der Waals surface area (Å²) in [5.74, 6) is -0.995. The van der Waals surface area contributed by atoms with Gasteiger partial charge in [0.05, 0.1) is 0 Å². The van der Waals surface area contributed by atoms with Crippen LogP contribution >= 0.6 is 0 Å². The summed E-state index contributed by atoms with van der Waals surface area (Å²) in [4.78, 5) is 9.26. The first-order valence-electron chi connectivity index (χ1n) is 1.47. The molecule has 0 amide bonds. The Balaban J connectivity index is -0.0000000800. The summed E-state index contributed by atoms with van der Waals surface area (Å²) in [5, 5.41) is 9.26. The van der Waals surface area contributed by atoms with Crippen molar-refractivity contribution in [3.8, 4) is 0 Å². The number of carboxylic acid groups (broad SMARTS) is 1. The van der Waals surface area contributed by atoms with E-state index in [1.54, 1.807) is 0 Å². The zero-order chi connectivity index (χ0) is 4.28. The smallest absolute Gasteiger partial charge is 1.00 e. The third-order valence-corrected chi connectivity index (χ3v) is 0.289. The van der Waals surface area contributed by atoms with Crippen LogP contribution in [-0.4, -0.2) is 43.7 Å². The second kappa shape index (κ2) is 10.7. The zero-order valence-corrected chi connectivity index (χ0v) is 6.02. The van der Waals surface area contributed by atoms with E-state index in [2.05, 4.69) is 0 Å². The molecule has 0 heterocycles. The third-order valence-electron chi connectivity index (χ3n) is 0.289. The topological polar surface area (TPSA) is 40.1 Å². The summed E-state index contributed by atoms with van der Waals surface area (Å²) in [6.45, 7) is 1.54. The predicted octanol–water partition coefficient (Wildman–Crippen LogP) is -4.77. The van der Waals surface area contributed by atoms with Crippen LogP contribution in [0.5, 0.6) is 0 Å². The molecular weight excluding hydrogens is 131 g/mol. The number of rotatable bonds is 1. The van der Waals surface area contributed by atoms with Crippen LogP contribution in [0.15, 0.2) is 0 Å². The Morgan fingerprint density at radius 3 is 1.86 bits per heavy atom. The molecule has 0 fully saturated rings. The van der Waals surface area contributed by atoms with Gasteiger partial charge in [0.15, 0.2) is 0 Å². The normalized spacial score (nSPS) is 5.29. The zero-order valence-electron chi connectivity index (χ0n) is 4.02. The Morgan fingerprint density at radius 1 is 1.71 bits per heavy atom. The number of carbonyl (C=O) groups excluding carboxylic acids is 1. The molecule has 0 aliphatic rings. The van der Waals surface area contributed by atoms with Crippen LogP contribution in [0.1, 0.15) is 13.3 Å². The van der Waals surface area contributed by atoms with Crippen LogP contribution < -0.4 is 34.7 Å². The molecule has 0 rings (SSSR count). The van der Waals surface area contributed by atoms with E-state index in [9.17, 15) is 9.90 Å². The van der Waals surface area contributed by atoms with E-state index in [1.165, 1.54) is 6.92 Å². The van der Waals surface area contributed by atoms with Crippen LogP contribution in [0.2, 0.25) is 0 Å². The second-order valence-electron chi connectivity index (χ2n) is 0.726. The molecule has 0 aliphatic carbocycles. The molecule has 34 valence electrons. The fourth-order valence-corrected chi connectivity index (χ4v) is 0. The molecule has 0 aromatic heterocycles. The van der Waals surface area contributed by atoms with Crippen molar-refractivity contribution in [2.24, 2.45) is 0 Å². The van der Waals surface area contributed by atoms with Crippen LogP contribution in [0.25, 0.3) is 0 Å². The van der Waals surface area contributed by atoms with Gasteiger partial charge in [-0.15, -0.1) is 0 Å². The minimum atomic E-state index is -0.995. The molecule has 0 aromatic rings. The van der Waals surface area contributed by atoms with Crippen LogP contribution in [0, 0.1) is 0 Å². The van der Waals surface area contributed by atoms with Gasteiger partial charge >= 0.3 is 67.3 Å². The Hall–Kier alpha value is 1.73. The van der Waals surface area contributed by atoms with E-state index in [1.807, 2.05) is 0 Å². The average Bonchev–Trinajstić information content (AvgIpc) is 1.38. The van der Waals surface area contributed by atoms with Crippen molar-refractivity contribution in [1.82, 2.24) is 0 Å². The van der Waals surface area contributed by atoms with E-state index in [0.717, 1.165) is 0 Å². The molecule has 0 aliphatic heterocycles. The SMILES string of the molecule is CCC(=O)[O-].[CaH2].[Na+]. The van der Waals surface area contributed by atoms with Gasteiger partial charge in [0.25, 0.3) is 0 Å². The second-order valence-corrected chi connectivity index (χ2v) is 0.726. The van der Waals surface area contributed by atoms with Gasteiger partial charge in [-0.25, -0.2) is 0 Å². The summed E-state index contributed by atoms with van der Waals surface area (Å²) >= 11 is 0. The first kappa shape index (κ1) is 15.9. The number of aliphatic carboxylic acids is 1. The van der Waals surface area contributed by atoms with Crippen molar-refractivity contribution in [1.29, 1.82) is 0 Å². The summed E-state index contributed by atoms with van der Waals surface area (Å²) in [5.41, 5.74) is 0. The molecule has 0 spiro atoms. The van der Waals surface area contributed by atoms with Crippen molar-refractivity contribution in [2.75, 3.05) is 0 Å². The minimum Gasteiger partial charge on any atom is 1.00 e. The van der Waals surface area contributed by atoms with Gasteiger partial charge in [0.2, 0.25) is 0 Å². The first-order chi connectivity index (χ1) is 2.27. The van der Waals surface area contributed by atoms with Gasteiger partial charge in [-0.05, 0) is 6.42 Å². The molecule has 7 heavy (non-hydrogen) atoms. The first-order valence-corrected chi connectivity index (χ1v) is 1.47. The Kier molecular flexibility index (Phi) is 24.2. The van der Waals surface area contributed by atoms with Crippen molar-refractivity contribution in [3.05, 3.63) is 0 Å². The fourth-order valence-electron chi connectivity index (χ4n) is 0. The van der Waals surface area contributed by atoms with Gasteiger partial charge in [0, 0.05) is 5.97 Å². The van der Waals surface area contributed by atoms with Crippen molar-refractivity contribution < 1.29 is 39.5 Å². The van der Waals surface area contributed by atoms with Gasteiger partial charge in [-0.2, -0.15) is 0 Å². The van der Waals surface area contributed by atoms with Crippen molar-refractivity contribution >= 4 is 43.7 Å². The summed E-state index contributed by atoms with van der Waals surface area (Å²) in [6.07, 6.45) is 0.111. The summed E-state index contributed by atoms with van der Waals surface area (Å²) in [7, 11) is 0. The maximum absolute atomic E-state index is 9.26. The summed E-state index contributed by atoms with van der Waals surface area (Å²) < 4.78 is 0. The molecule has 0 saturated heterocycles. The Morgan fingerprint density at radius 2 is 1.86 bits per heavy atom. The standard InChI is InChI=1S/C3H6O2.Ca.Na.2H/c1-2-3(4)5;;;;/h2H2,1H3,(H,4,5);;;;/q;;+1;;/p-1. The largest absolute Gasteiger partial charge is 1.00 e. The monoisotopic (exact) mass is 138 g/mol. The Bertz CT molecular complexity index is 48.2. The molecule has 0 bridgehead atoms. The number of carboxylic acids is 1. The quantitative estimate of drug-likeness (QED) is 0.341. The molecule has 0 radical (unpaired) electrons. The van der Waals surface area contributed by atoms with Gasteiger partial charge < -0.3 is 9.90 Å². The van der Waals surface area contributed by atoms with E-state index in [4.69, 9.17) is 0 Å². The summed E-state index contributed by atoms with van der Waals surface area (Å²) in [6, 6.07) is 0. The van der Waals surface area contributed by atoms with Crippen LogP contribution in [0.4, 0.5) is 0 Å². The van der Waals surface area contributed by atoms with E-state index in [-0.39, 0.29) is 73.7 Å². The van der Waals surface area contributed by atoms with Crippen LogP contribution in [0.3, 0.4) is 0 Å². The minimum absolute atomic E-state index is 0. The number of hydrogen-bond acceptors (Lipinski definition) is 2. The van der Waals surface area contributed by atoms with E-state index < -0.39 is 5.97 Å². The molecule has 0 aromatic carbocycles. The van der Waals surface area contributed by atoms with Crippen LogP contribution in [-0.2, 0) is 4.79 Å². The Labute approximate surface area is 95.0 Å². The maximum atomic E-state index is 9.26.